The highest BCUT2D eigenvalue weighted by Gasteiger charge is 2.14. The lowest BCUT2D eigenvalue weighted by atomic mass is 10.2. The summed E-state index contributed by atoms with van der Waals surface area (Å²) in [6.07, 6.45) is 3.08. The van der Waals surface area contributed by atoms with Crippen molar-refractivity contribution in [1.29, 1.82) is 0 Å². The first-order valence-electron chi connectivity index (χ1n) is 6.48. The summed E-state index contributed by atoms with van der Waals surface area (Å²) in [5.74, 6) is 0.446. The number of thioether (sulfide) groups is 1. The first kappa shape index (κ1) is 16.8. The summed E-state index contributed by atoms with van der Waals surface area (Å²) in [5, 5.41) is 2.64. The lowest BCUT2D eigenvalue weighted by Crippen LogP contribution is -2.36. The van der Waals surface area contributed by atoms with Crippen molar-refractivity contribution in [2.75, 3.05) is 36.7 Å². The average Bonchev–Trinajstić information content (AvgIpc) is 2.40. The molecule has 0 saturated carbocycles. The van der Waals surface area contributed by atoms with Crippen LogP contribution in [-0.4, -0.2) is 42.4 Å². The van der Waals surface area contributed by atoms with E-state index in [9.17, 15) is 9.18 Å². The Balaban J connectivity index is 2.52. The van der Waals surface area contributed by atoms with Gasteiger partial charge < -0.3 is 11.1 Å². The van der Waals surface area contributed by atoms with Gasteiger partial charge in [0.15, 0.2) is 0 Å². The molecule has 0 bridgehead atoms. The summed E-state index contributed by atoms with van der Waals surface area (Å²) < 4.78 is 13.1. The van der Waals surface area contributed by atoms with Gasteiger partial charge in [-0.3, -0.25) is 9.69 Å². The minimum absolute atomic E-state index is 0.194. The van der Waals surface area contributed by atoms with Crippen LogP contribution in [0.5, 0.6) is 0 Å². The average molecular weight is 299 g/mol. The number of carbonyl (C=O) groups is 1. The molecule has 3 N–H and O–H groups in total. The molecule has 0 fully saturated rings. The van der Waals surface area contributed by atoms with Crippen LogP contribution in [0.25, 0.3) is 0 Å². The monoisotopic (exact) mass is 299 g/mol. The number of rotatable bonds is 7. The van der Waals surface area contributed by atoms with E-state index in [4.69, 9.17) is 5.73 Å². The summed E-state index contributed by atoms with van der Waals surface area (Å²) in [5.41, 5.74) is 6.38. The normalized spacial score (nSPS) is 12.4. The second-order valence-corrected chi connectivity index (χ2v) is 5.81. The van der Waals surface area contributed by atoms with Crippen LogP contribution in [0, 0.1) is 5.82 Å². The van der Waals surface area contributed by atoms with E-state index in [0.29, 0.717) is 17.4 Å². The molecule has 1 rings (SSSR count). The Bertz CT molecular complexity index is 456. The zero-order valence-electron chi connectivity index (χ0n) is 12.1. The first-order valence-corrected chi connectivity index (χ1v) is 7.87. The fourth-order valence-corrected chi connectivity index (χ4v) is 2.29. The summed E-state index contributed by atoms with van der Waals surface area (Å²) in [7, 11) is 1.90. The molecular weight excluding hydrogens is 277 g/mol. The molecule has 0 aliphatic rings. The molecule has 112 valence electrons. The Morgan fingerprint density at radius 2 is 2.25 bits per heavy atom. The molecule has 0 spiro atoms. The predicted molar refractivity (Wildman–Crippen MR) is 84.5 cm³/mol. The maximum absolute atomic E-state index is 13.1. The van der Waals surface area contributed by atoms with Gasteiger partial charge in [0.2, 0.25) is 5.91 Å². The fourth-order valence-electron chi connectivity index (χ4n) is 1.72. The molecule has 0 radical (unpaired) electrons. The topological polar surface area (TPSA) is 58.4 Å². The SMILES string of the molecule is CSCCC(C)N(C)CC(=O)Nc1cc(F)ccc1N. The third kappa shape index (κ3) is 5.38. The number of likely N-dealkylation sites (N-methyl/N-ethyl adjacent to an activating group) is 1. The van der Waals surface area contributed by atoms with Crippen LogP contribution in [0.3, 0.4) is 0 Å². The van der Waals surface area contributed by atoms with Crippen LogP contribution in [0.2, 0.25) is 0 Å². The molecule has 1 atom stereocenters. The molecule has 1 aromatic rings. The summed E-state index contributed by atoms with van der Waals surface area (Å²) in [6, 6.07) is 4.25. The molecule has 0 aromatic heterocycles. The lowest BCUT2D eigenvalue weighted by molar-refractivity contribution is -0.117. The molecule has 1 unspecified atom stereocenters. The van der Waals surface area contributed by atoms with E-state index in [0.717, 1.165) is 12.2 Å². The van der Waals surface area contributed by atoms with Crippen molar-refractivity contribution in [3.8, 4) is 0 Å². The van der Waals surface area contributed by atoms with E-state index in [1.54, 1.807) is 11.8 Å². The van der Waals surface area contributed by atoms with Gasteiger partial charge in [-0.25, -0.2) is 4.39 Å². The minimum atomic E-state index is -0.420. The molecule has 20 heavy (non-hydrogen) atoms. The largest absolute Gasteiger partial charge is 0.397 e. The van der Waals surface area contributed by atoms with Gasteiger partial charge in [-0.1, -0.05) is 0 Å². The minimum Gasteiger partial charge on any atom is -0.397 e. The Kier molecular flexibility index (Phi) is 6.81. The maximum Gasteiger partial charge on any atom is 0.238 e. The van der Waals surface area contributed by atoms with Gasteiger partial charge in [-0.15, -0.1) is 0 Å². The van der Waals surface area contributed by atoms with Gasteiger partial charge in [0.1, 0.15) is 5.82 Å². The van der Waals surface area contributed by atoms with E-state index in [1.165, 1.54) is 18.2 Å². The summed E-state index contributed by atoms with van der Waals surface area (Å²) in [4.78, 5) is 13.9. The highest BCUT2D eigenvalue weighted by atomic mass is 32.2. The smallest absolute Gasteiger partial charge is 0.238 e. The van der Waals surface area contributed by atoms with Crippen molar-refractivity contribution in [2.45, 2.75) is 19.4 Å². The van der Waals surface area contributed by atoms with Crippen LogP contribution >= 0.6 is 11.8 Å². The molecule has 0 saturated heterocycles. The van der Waals surface area contributed by atoms with Crippen molar-refractivity contribution in [2.24, 2.45) is 0 Å². The second-order valence-electron chi connectivity index (χ2n) is 4.83. The summed E-state index contributed by atoms with van der Waals surface area (Å²) in [6.45, 7) is 2.34. The third-order valence-electron chi connectivity index (χ3n) is 3.17. The number of amides is 1. The van der Waals surface area contributed by atoms with E-state index in [-0.39, 0.29) is 12.5 Å². The lowest BCUT2D eigenvalue weighted by Gasteiger charge is -2.23. The highest BCUT2D eigenvalue weighted by molar-refractivity contribution is 7.98. The number of hydrogen-bond acceptors (Lipinski definition) is 4. The first-order chi connectivity index (χ1) is 9.43. The van der Waals surface area contributed by atoms with Crippen LogP contribution in [0.1, 0.15) is 13.3 Å². The van der Waals surface area contributed by atoms with Gasteiger partial charge in [0, 0.05) is 6.04 Å². The zero-order valence-corrected chi connectivity index (χ0v) is 13.0. The van der Waals surface area contributed by atoms with Crippen molar-refractivity contribution < 1.29 is 9.18 Å². The van der Waals surface area contributed by atoms with Crippen molar-refractivity contribution in [1.82, 2.24) is 4.90 Å². The molecule has 0 aliphatic heterocycles. The number of nitrogens with two attached hydrogens (primary N) is 1. The Morgan fingerprint density at radius 3 is 2.90 bits per heavy atom. The molecular formula is C14H22FN3OS. The number of benzene rings is 1. The van der Waals surface area contributed by atoms with E-state index in [1.807, 2.05) is 11.9 Å². The standard InChI is InChI=1S/C14H22FN3OS/c1-10(6-7-20-3)18(2)9-14(19)17-13-8-11(15)4-5-12(13)16/h4-5,8,10H,6-7,9,16H2,1-3H3,(H,17,19). The number of nitrogens with zero attached hydrogens (tertiary/aromatic N) is 1. The van der Waals surface area contributed by atoms with Gasteiger partial charge in [-0.2, -0.15) is 11.8 Å². The van der Waals surface area contributed by atoms with Gasteiger partial charge in [0.25, 0.3) is 0 Å². The molecule has 4 nitrogen and oxygen atoms in total. The van der Waals surface area contributed by atoms with Crippen LogP contribution in [0.4, 0.5) is 15.8 Å². The van der Waals surface area contributed by atoms with E-state index >= 15 is 0 Å². The third-order valence-corrected chi connectivity index (χ3v) is 3.82. The second kappa shape index (κ2) is 8.11. The van der Waals surface area contributed by atoms with Crippen LogP contribution in [0.15, 0.2) is 18.2 Å². The van der Waals surface area contributed by atoms with Gasteiger partial charge in [-0.05, 0) is 50.6 Å². The Morgan fingerprint density at radius 1 is 1.55 bits per heavy atom. The van der Waals surface area contributed by atoms with Gasteiger partial charge >= 0.3 is 0 Å². The van der Waals surface area contributed by atoms with Crippen molar-refractivity contribution in [3.63, 3.8) is 0 Å². The van der Waals surface area contributed by atoms with Crippen molar-refractivity contribution in [3.05, 3.63) is 24.0 Å². The van der Waals surface area contributed by atoms with Gasteiger partial charge in [0.05, 0.1) is 17.9 Å². The zero-order chi connectivity index (χ0) is 15.1. The Labute approximate surface area is 123 Å². The predicted octanol–water partition coefficient (Wildman–Crippen LogP) is 2.42. The van der Waals surface area contributed by atoms with Crippen molar-refractivity contribution >= 4 is 29.0 Å². The number of anilines is 2. The fraction of sp³-hybridized carbons (Fsp3) is 0.500. The molecule has 1 amide bonds. The van der Waals surface area contributed by atoms with E-state index in [2.05, 4.69) is 18.5 Å². The number of hydrogen-bond donors (Lipinski definition) is 2. The molecule has 0 aliphatic carbocycles. The number of nitrogen functional groups attached to an aromatic ring is 1. The van der Waals surface area contributed by atoms with Crippen LogP contribution in [-0.2, 0) is 4.79 Å². The Hall–Kier alpha value is -1.27. The number of nitrogens with one attached hydrogen (secondary N) is 1. The number of carbonyl (C=O) groups excluding carboxylic acids is 1. The highest BCUT2D eigenvalue weighted by Crippen LogP contribution is 2.19. The quantitative estimate of drug-likeness (QED) is 0.759. The molecule has 1 aromatic carbocycles. The molecule has 6 heteroatoms. The summed E-state index contributed by atoms with van der Waals surface area (Å²) >= 11 is 1.79. The van der Waals surface area contributed by atoms with Crippen LogP contribution < -0.4 is 11.1 Å². The maximum atomic E-state index is 13.1. The number of halogens is 1. The van der Waals surface area contributed by atoms with E-state index < -0.39 is 5.82 Å². The molecule has 0 heterocycles.